The Bertz CT molecular complexity index is 257. The van der Waals surface area contributed by atoms with Crippen LogP contribution < -0.4 is 10.6 Å². The van der Waals surface area contributed by atoms with Gasteiger partial charge in [0, 0.05) is 6.54 Å². The summed E-state index contributed by atoms with van der Waals surface area (Å²) in [6, 6.07) is -0.641. The van der Waals surface area contributed by atoms with Crippen LogP contribution in [0.15, 0.2) is 11.6 Å². The summed E-state index contributed by atoms with van der Waals surface area (Å²) in [6.45, 7) is 4.49. The molecule has 0 aliphatic heterocycles. The molecule has 0 aliphatic carbocycles. The van der Waals surface area contributed by atoms with Gasteiger partial charge in [-0.25, -0.2) is 0 Å². The lowest BCUT2D eigenvalue weighted by Crippen LogP contribution is -2.45. The molecule has 0 aromatic heterocycles. The van der Waals surface area contributed by atoms with Gasteiger partial charge in [0.05, 0.1) is 6.04 Å². The van der Waals surface area contributed by atoms with E-state index >= 15 is 0 Å². The maximum Gasteiger partial charge on any atom is 0.405 e. The average molecular weight is 238 g/mol. The fourth-order valence-electron chi connectivity index (χ4n) is 0.873. The van der Waals surface area contributed by atoms with Gasteiger partial charge in [-0.05, 0) is 20.8 Å². The highest BCUT2D eigenvalue weighted by Crippen LogP contribution is 2.12. The fourth-order valence-corrected chi connectivity index (χ4v) is 0.873. The van der Waals surface area contributed by atoms with Gasteiger partial charge >= 0.3 is 6.18 Å². The predicted octanol–water partition coefficient (Wildman–Crippen LogP) is 1.61. The average Bonchev–Trinajstić information content (AvgIpc) is 2.12. The normalized spacial score (nSPS) is 13.1. The molecule has 0 saturated carbocycles. The number of carbonyl (C=O) groups is 1. The summed E-state index contributed by atoms with van der Waals surface area (Å²) < 4.78 is 35.4. The minimum Gasteiger partial charge on any atom is -0.346 e. The third-order valence-corrected chi connectivity index (χ3v) is 1.79. The van der Waals surface area contributed by atoms with E-state index in [-0.39, 0.29) is 0 Å². The third kappa shape index (κ3) is 8.28. The first kappa shape index (κ1) is 15.0. The van der Waals surface area contributed by atoms with Crippen LogP contribution >= 0.6 is 0 Å². The zero-order valence-electron chi connectivity index (χ0n) is 9.61. The van der Waals surface area contributed by atoms with E-state index in [4.69, 9.17) is 0 Å². The summed E-state index contributed by atoms with van der Waals surface area (Å²) >= 11 is 0. The fraction of sp³-hybridized carbons (Fsp3) is 0.700. The summed E-state index contributed by atoms with van der Waals surface area (Å²) in [6.07, 6.45) is -2.51. The summed E-state index contributed by atoms with van der Waals surface area (Å²) in [5.41, 5.74) is 1.08. The number of hydrogen-bond acceptors (Lipinski definition) is 2. The van der Waals surface area contributed by atoms with Gasteiger partial charge in [0.15, 0.2) is 0 Å². The first-order valence-corrected chi connectivity index (χ1v) is 4.93. The summed E-state index contributed by atoms with van der Waals surface area (Å²) in [5, 5.41) is 4.61. The van der Waals surface area contributed by atoms with Crippen molar-refractivity contribution in [2.45, 2.75) is 33.0 Å². The van der Waals surface area contributed by atoms with E-state index in [0.29, 0.717) is 6.54 Å². The molecule has 0 saturated heterocycles. The van der Waals surface area contributed by atoms with Gasteiger partial charge in [-0.3, -0.25) is 4.79 Å². The van der Waals surface area contributed by atoms with Crippen LogP contribution in [0.5, 0.6) is 0 Å². The molecule has 0 bridgehead atoms. The van der Waals surface area contributed by atoms with Gasteiger partial charge in [0.2, 0.25) is 5.91 Å². The molecule has 0 aromatic carbocycles. The minimum absolute atomic E-state index is 0.461. The lowest BCUT2D eigenvalue weighted by molar-refractivity contribution is -0.139. The Labute approximate surface area is 93.1 Å². The molecule has 3 nitrogen and oxygen atoms in total. The molecule has 0 radical (unpaired) electrons. The summed E-state index contributed by atoms with van der Waals surface area (Å²) in [7, 11) is 0. The Kier molecular flexibility index (Phi) is 6.10. The van der Waals surface area contributed by atoms with Gasteiger partial charge in [0.1, 0.15) is 6.54 Å². The van der Waals surface area contributed by atoms with Crippen molar-refractivity contribution < 1.29 is 18.0 Å². The van der Waals surface area contributed by atoms with Crippen molar-refractivity contribution in [1.82, 2.24) is 10.6 Å². The molecule has 0 aromatic rings. The standard InChI is InChI=1S/C10H17F3N2O/c1-7(2)4-5-14-8(3)9(16)15-6-10(11,12)13/h4,8,14H,5-6H2,1-3H3,(H,15,16). The number of rotatable bonds is 5. The second kappa shape index (κ2) is 6.52. The summed E-state index contributed by atoms with van der Waals surface area (Å²) in [4.78, 5) is 11.2. The second-order valence-electron chi connectivity index (χ2n) is 3.74. The SMILES string of the molecule is CC(C)=CCNC(C)C(=O)NCC(F)(F)F. The van der Waals surface area contributed by atoms with Crippen LogP contribution in [0.4, 0.5) is 13.2 Å². The zero-order valence-corrected chi connectivity index (χ0v) is 9.61. The van der Waals surface area contributed by atoms with Crippen molar-refractivity contribution in [2.24, 2.45) is 0 Å². The minimum atomic E-state index is -4.37. The van der Waals surface area contributed by atoms with E-state index in [2.05, 4.69) is 5.32 Å². The lowest BCUT2D eigenvalue weighted by atomic mass is 10.3. The number of amides is 1. The van der Waals surface area contributed by atoms with Crippen LogP contribution in [0.2, 0.25) is 0 Å². The first-order valence-electron chi connectivity index (χ1n) is 4.93. The van der Waals surface area contributed by atoms with E-state index in [1.54, 1.807) is 0 Å². The number of alkyl halides is 3. The molecule has 2 N–H and O–H groups in total. The highest BCUT2D eigenvalue weighted by Gasteiger charge is 2.28. The predicted molar refractivity (Wildman–Crippen MR) is 56.0 cm³/mol. The Hall–Kier alpha value is -1.04. The van der Waals surface area contributed by atoms with Gasteiger partial charge in [-0.1, -0.05) is 11.6 Å². The number of nitrogens with one attached hydrogen (secondary N) is 2. The maximum atomic E-state index is 11.8. The van der Waals surface area contributed by atoms with Crippen molar-refractivity contribution in [3.63, 3.8) is 0 Å². The van der Waals surface area contributed by atoms with E-state index in [1.807, 2.05) is 25.2 Å². The maximum absolute atomic E-state index is 11.8. The molecule has 16 heavy (non-hydrogen) atoms. The monoisotopic (exact) mass is 238 g/mol. The Morgan fingerprint density at radius 3 is 2.38 bits per heavy atom. The van der Waals surface area contributed by atoms with E-state index in [9.17, 15) is 18.0 Å². The van der Waals surface area contributed by atoms with Crippen molar-refractivity contribution in [3.05, 3.63) is 11.6 Å². The van der Waals surface area contributed by atoms with Crippen molar-refractivity contribution in [3.8, 4) is 0 Å². The molecule has 0 heterocycles. The molecule has 6 heteroatoms. The van der Waals surface area contributed by atoms with Crippen LogP contribution in [0.3, 0.4) is 0 Å². The van der Waals surface area contributed by atoms with E-state index < -0.39 is 24.7 Å². The van der Waals surface area contributed by atoms with Crippen molar-refractivity contribution >= 4 is 5.91 Å². The van der Waals surface area contributed by atoms with Crippen LogP contribution in [-0.4, -0.2) is 31.2 Å². The molecule has 1 amide bonds. The smallest absolute Gasteiger partial charge is 0.346 e. The van der Waals surface area contributed by atoms with E-state index in [0.717, 1.165) is 5.57 Å². The van der Waals surface area contributed by atoms with Gasteiger partial charge in [0.25, 0.3) is 0 Å². The van der Waals surface area contributed by atoms with Crippen molar-refractivity contribution in [2.75, 3.05) is 13.1 Å². The molecule has 1 atom stereocenters. The zero-order chi connectivity index (χ0) is 12.8. The Morgan fingerprint density at radius 1 is 1.38 bits per heavy atom. The molecule has 0 rings (SSSR count). The molecule has 0 aliphatic rings. The second-order valence-corrected chi connectivity index (χ2v) is 3.74. The Balaban J connectivity index is 3.87. The van der Waals surface area contributed by atoms with Crippen LogP contribution in [-0.2, 0) is 4.79 Å². The Morgan fingerprint density at radius 2 is 1.94 bits per heavy atom. The number of halogens is 3. The third-order valence-electron chi connectivity index (χ3n) is 1.79. The topological polar surface area (TPSA) is 41.1 Å². The van der Waals surface area contributed by atoms with Crippen LogP contribution in [0.1, 0.15) is 20.8 Å². The number of allylic oxidation sites excluding steroid dienone is 1. The summed E-state index contributed by atoms with van der Waals surface area (Å²) in [5.74, 6) is -0.653. The molecule has 1 unspecified atom stereocenters. The lowest BCUT2D eigenvalue weighted by Gasteiger charge is -2.14. The molecular weight excluding hydrogens is 221 g/mol. The van der Waals surface area contributed by atoms with Gasteiger partial charge in [-0.2, -0.15) is 13.2 Å². The van der Waals surface area contributed by atoms with E-state index in [1.165, 1.54) is 6.92 Å². The first-order chi connectivity index (χ1) is 7.22. The largest absolute Gasteiger partial charge is 0.405 e. The highest BCUT2D eigenvalue weighted by atomic mass is 19.4. The highest BCUT2D eigenvalue weighted by molar-refractivity contribution is 5.81. The molecule has 0 fully saturated rings. The number of hydrogen-bond donors (Lipinski definition) is 2. The van der Waals surface area contributed by atoms with Gasteiger partial charge in [-0.15, -0.1) is 0 Å². The number of carbonyl (C=O) groups excluding carboxylic acids is 1. The quantitative estimate of drug-likeness (QED) is 0.714. The molecular formula is C10H17F3N2O. The van der Waals surface area contributed by atoms with Crippen molar-refractivity contribution in [1.29, 1.82) is 0 Å². The van der Waals surface area contributed by atoms with Crippen LogP contribution in [0.25, 0.3) is 0 Å². The molecule has 0 spiro atoms. The molecule has 94 valence electrons. The van der Waals surface area contributed by atoms with Gasteiger partial charge < -0.3 is 10.6 Å². The van der Waals surface area contributed by atoms with Crippen LogP contribution in [0, 0.1) is 0 Å².